The third-order valence-electron chi connectivity index (χ3n) is 6.03. The molecule has 0 fully saturated rings. The summed E-state index contributed by atoms with van der Waals surface area (Å²) in [5.41, 5.74) is 1.84. The number of hydrogen-bond acceptors (Lipinski definition) is 7. The van der Waals surface area contributed by atoms with Gasteiger partial charge in [-0.05, 0) is 38.1 Å². The number of nitrogens with one attached hydrogen (secondary N) is 2. The van der Waals surface area contributed by atoms with Crippen molar-refractivity contribution >= 4 is 60.9 Å². The van der Waals surface area contributed by atoms with Crippen LogP contribution in [0, 0.1) is 13.8 Å². The molecule has 0 bridgehead atoms. The zero-order chi connectivity index (χ0) is 24.4. The quantitative estimate of drug-likeness (QED) is 0.312. The molecular formula is C26H16BrN5O3. The van der Waals surface area contributed by atoms with E-state index in [1.165, 1.54) is 0 Å². The summed E-state index contributed by atoms with van der Waals surface area (Å²) >= 11 is 3.41. The van der Waals surface area contributed by atoms with E-state index in [9.17, 15) is 14.4 Å². The van der Waals surface area contributed by atoms with Crippen molar-refractivity contribution in [2.75, 3.05) is 5.32 Å². The van der Waals surface area contributed by atoms with Crippen molar-refractivity contribution in [1.29, 1.82) is 0 Å². The van der Waals surface area contributed by atoms with Crippen molar-refractivity contribution in [3.05, 3.63) is 97.1 Å². The number of carbonyl (C=O) groups excluding carboxylic acids is 2. The first kappa shape index (κ1) is 21.3. The predicted molar refractivity (Wildman–Crippen MR) is 136 cm³/mol. The summed E-state index contributed by atoms with van der Waals surface area (Å²) in [7, 11) is 0. The van der Waals surface area contributed by atoms with E-state index in [0.29, 0.717) is 39.2 Å². The highest BCUT2D eigenvalue weighted by Gasteiger charge is 2.34. The average Bonchev–Trinajstić information content (AvgIpc) is 2.82. The molecule has 8 nitrogen and oxygen atoms in total. The minimum Gasteiger partial charge on any atom is -0.354 e. The van der Waals surface area contributed by atoms with Gasteiger partial charge in [-0.2, -0.15) is 9.97 Å². The van der Waals surface area contributed by atoms with Gasteiger partial charge in [0.2, 0.25) is 5.95 Å². The van der Waals surface area contributed by atoms with Gasteiger partial charge in [0.15, 0.2) is 17.0 Å². The first-order chi connectivity index (χ1) is 16.8. The Morgan fingerprint density at radius 1 is 0.800 bits per heavy atom. The van der Waals surface area contributed by atoms with E-state index in [-0.39, 0.29) is 45.1 Å². The second-order valence-electron chi connectivity index (χ2n) is 8.32. The maximum Gasteiger partial charge on any atom is 0.230 e. The number of pyridine rings is 1. The molecule has 2 N–H and O–H groups in total. The summed E-state index contributed by atoms with van der Waals surface area (Å²) in [5.74, 6) is 0.556. The van der Waals surface area contributed by atoms with Crippen molar-refractivity contribution in [2.24, 2.45) is 0 Å². The number of benzene rings is 3. The topological polar surface area (TPSA) is 118 Å². The number of rotatable bonds is 2. The maximum absolute atomic E-state index is 13.7. The Morgan fingerprint density at radius 2 is 1.46 bits per heavy atom. The number of nitrogens with zero attached hydrogens (tertiary/aromatic N) is 3. The van der Waals surface area contributed by atoms with Gasteiger partial charge < -0.3 is 10.3 Å². The standard InChI is InChI=1S/C26H16BrN5O3/c1-11-28-12(2)30-26(29-11)32-19-10-17-22(31-18-8-7-13(27)9-16(18)23(17)33)21-20(19)24(34)14-5-3-4-6-15(14)25(21)35/h3-10H,1-2H3,(H,31,33)(H,28,29,30,32). The van der Waals surface area contributed by atoms with Crippen LogP contribution in [-0.4, -0.2) is 31.5 Å². The lowest BCUT2D eigenvalue weighted by Gasteiger charge is -2.22. The van der Waals surface area contributed by atoms with Gasteiger partial charge in [-0.25, -0.2) is 4.98 Å². The van der Waals surface area contributed by atoms with Gasteiger partial charge in [0, 0.05) is 31.9 Å². The van der Waals surface area contributed by atoms with Gasteiger partial charge >= 0.3 is 0 Å². The van der Waals surface area contributed by atoms with E-state index in [2.05, 4.69) is 41.2 Å². The number of fused-ring (bicyclic) bond motifs is 5. The third kappa shape index (κ3) is 3.27. The highest BCUT2D eigenvalue weighted by atomic mass is 79.9. The number of ketones is 2. The van der Waals surface area contributed by atoms with E-state index in [4.69, 9.17) is 0 Å². The van der Waals surface area contributed by atoms with E-state index in [1.54, 1.807) is 62.4 Å². The Balaban J connectivity index is 1.73. The zero-order valence-corrected chi connectivity index (χ0v) is 20.1. The van der Waals surface area contributed by atoms with Crippen molar-refractivity contribution in [1.82, 2.24) is 19.9 Å². The van der Waals surface area contributed by atoms with Gasteiger partial charge in [-0.15, -0.1) is 0 Å². The predicted octanol–water partition coefficient (Wildman–Crippen LogP) is 4.76. The van der Waals surface area contributed by atoms with Crippen LogP contribution in [0.4, 0.5) is 11.6 Å². The molecule has 2 aromatic heterocycles. The summed E-state index contributed by atoms with van der Waals surface area (Å²) in [4.78, 5) is 57.0. The molecule has 0 saturated heterocycles. The molecular weight excluding hydrogens is 510 g/mol. The van der Waals surface area contributed by atoms with Gasteiger partial charge in [0.25, 0.3) is 0 Å². The Kier molecular flexibility index (Phi) is 4.65. The largest absolute Gasteiger partial charge is 0.354 e. The van der Waals surface area contributed by atoms with Crippen LogP contribution in [-0.2, 0) is 0 Å². The summed E-state index contributed by atoms with van der Waals surface area (Å²) in [6.07, 6.45) is 0. The van der Waals surface area contributed by atoms with E-state index in [0.717, 1.165) is 4.47 Å². The van der Waals surface area contributed by atoms with Crippen LogP contribution in [0.5, 0.6) is 0 Å². The molecule has 0 unspecified atom stereocenters. The van der Waals surface area contributed by atoms with Crippen LogP contribution in [0.3, 0.4) is 0 Å². The van der Waals surface area contributed by atoms with Gasteiger partial charge in [-0.1, -0.05) is 40.2 Å². The molecule has 6 rings (SSSR count). The number of aryl methyl sites for hydroxylation is 2. The monoisotopic (exact) mass is 525 g/mol. The van der Waals surface area contributed by atoms with Crippen molar-refractivity contribution in [3.63, 3.8) is 0 Å². The summed E-state index contributed by atoms with van der Waals surface area (Å²) < 4.78 is 0.752. The van der Waals surface area contributed by atoms with E-state index >= 15 is 0 Å². The first-order valence-electron chi connectivity index (χ1n) is 10.8. The number of carbonyl (C=O) groups is 2. The molecule has 1 aliphatic carbocycles. The lowest BCUT2D eigenvalue weighted by molar-refractivity contribution is 0.0981. The molecule has 3 aromatic carbocycles. The molecule has 0 spiro atoms. The van der Waals surface area contributed by atoms with Gasteiger partial charge in [0.1, 0.15) is 11.6 Å². The van der Waals surface area contributed by atoms with Crippen LogP contribution in [0.1, 0.15) is 43.5 Å². The Morgan fingerprint density at radius 3 is 2.14 bits per heavy atom. The second-order valence-corrected chi connectivity index (χ2v) is 9.24. The molecule has 1 aliphatic rings. The van der Waals surface area contributed by atoms with Crippen LogP contribution in [0.25, 0.3) is 21.8 Å². The highest BCUT2D eigenvalue weighted by molar-refractivity contribution is 9.10. The molecule has 5 aromatic rings. The fraction of sp³-hybridized carbons (Fsp3) is 0.0769. The lowest BCUT2D eigenvalue weighted by atomic mass is 9.81. The van der Waals surface area contributed by atoms with Crippen molar-refractivity contribution in [3.8, 4) is 0 Å². The number of anilines is 2. The molecule has 0 amide bonds. The smallest absolute Gasteiger partial charge is 0.230 e. The molecule has 0 atom stereocenters. The zero-order valence-electron chi connectivity index (χ0n) is 18.6. The highest BCUT2D eigenvalue weighted by Crippen LogP contribution is 2.37. The fourth-order valence-corrected chi connectivity index (χ4v) is 4.95. The van der Waals surface area contributed by atoms with Gasteiger partial charge in [0.05, 0.1) is 22.3 Å². The van der Waals surface area contributed by atoms with Crippen LogP contribution >= 0.6 is 15.9 Å². The molecule has 170 valence electrons. The van der Waals surface area contributed by atoms with Crippen molar-refractivity contribution in [2.45, 2.75) is 13.8 Å². The van der Waals surface area contributed by atoms with E-state index in [1.807, 2.05) is 0 Å². The Hall–Kier alpha value is -4.24. The number of hydrogen-bond donors (Lipinski definition) is 2. The number of halogens is 1. The summed E-state index contributed by atoms with van der Waals surface area (Å²) in [6, 6.07) is 13.6. The number of aromatic amines is 1. The fourth-order valence-electron chi connectivity index (χ4n) is 4.59. The van der Waals surface area contributed by atoms with Crippen molar-refractivity contribution < 1.29 is 9.59 Å². The number of aromatic nitrogens is 4. The normalized spacial score (nSPS) is 12.7. The Bertz CT molecular complexity index is 1810. The summed E-state index contributed by atoms with van der Waals surface area (Å²) in [5, 5.41) is 3.81. The third-order valence-corrected chi connectivity index (χ3v) is 6.53. The Labute approximate surface area is 206 Å². The molecule has 0 aliphatic heterocycles. The van der Waals surface area contributed by atoms with E-state index < -0.39 is 0 Å². The minimum absolute atomic E-state index is 0.151. The molecule has 0 saturated carbocycles. The first-order valence-corrected chi connectivity index (χ1v) is 11.6. The molecule has 0 radical (unpaired) electrons. The SMILES string of the molecule is Cc1nc(C)nc(Nc2cc3c(=O)c4cc(Br)ccc4[nH]c3c3c2C(=O)c2ccccc2C3=O)n1. The van der Waals surface area contributed by atoms with Gasteiger partial charge in [-0.3, -0.25) is 14.4 Å². The number of H-pyrrole nitrogens is 1. The maximum atomic E-state index is 13.7. The summed E-state index contributed by atoms with van der Waals surface area (Å²) in [6.45, 7) is 3.46. The van der Waals surface area contributed by atoms with Crippen LogP contribution in [0.2, 0.25) is 0 Å². The van der Waals surface area contributed by atoms with Crippen LogP contribution < -0.4 is 10.7 Å². The average molecular weight is 526 g/mol. The molecule has 35 heavy (non-hydrogen) atoms. The molecule has 9 heteroatoms. The minimum atomic E-state index is -0.334. The van der Waals surface area contributed by atoms with Crippen LogP contribution in [0.15, 0.2) is 57.8 Å². The molecule has 2 heterocycles. The lowest BCUT2D eigenvalue weighted by Crippen LogP contribution is -2.24. The second kappa shape index (κ2) is 7.64.